The van der Waals surface area contributed by atoms with Gasteiger partial charge in [-0.15, -0.1) is 11.8 Å². The number of thioether (sulfide) groups is 1. The van der Waals surface area contributed by atoms with Gasteiger partial charge in [0.15, 0.2) is 0 Å². The van der Waals surface area contributed by atoms with Crippen molar-refractivity contribution in [3.8, 4) is 0 Å². The molecule has 1 aliphatic heterocycles. The van der Waals surface area contributed by atoms with Crippen LogP contribution in [-0.4, -0.2) is 11.8 Å². The van der Waals surface area contributed by atoms with Crippen LogP contribution in [0.4, 0.5) is 0 Å². The largest absolute Gasteiger partial charge is 0.308 e. The highest BCUT2D eigenvalue weighted by Crippen LogP contribution is 2.36. The number of nitrogens with one attached hydrogen (secondary N) is 1. The summed E-state index contributed by atoms with van der Waals surface area (Å²) in [4.78, 5) is 1.34. The van der Waals surface area contributed by atoms with Crippen molar-refractivity contribution in [2.75, 3.05) is 6.54 Å². The predicted molar refractivity (Wildman–Crippen MR) is 79.7 cm³/mol. The van der Waals surface area contributed by atoms with Gasteiger partial charge < -0.3 is 5.32 Å². The van der Waals surface area contributed by atoms with Crippen molar-refractivity contribution in [2.45, 2.75) is 49.3 Å². The molecule has 94 valence electrons. The summed E-state index contributed by atoms with van der Waals surface area (Å²) in [5.74, 6) is 0. The van der Waals surface area contributed by atoms with E-state index in [1.807, 2.05) is 11.8 Å². The molecular formula is C14H20BrNS. The lowest BCUT2D eigenvalue weighted by molar-refractivity contribution is 0.434. The Morgan fingerprint density at radius 3 is 2.71 bits per heavy atom. The molecule has 0 bridgehead atoms. The van der Waals surface area contributed by atoms with E-state index in [0.29, 0.717) is 5.25 Å². The zero-order chi connectivity index (χ0) is 12.5. The van der Waals surface area contributed by atoms with Crippen LogP contribution in [-0.2, 0) is 5.54 Å². The summed E-state index contributed by atoms with van der Waals surface area (Å²) >= 11 is 5.61. The minimum atomic E-state index is 0.170. The van der Waals surface area contributed by atoms with E-state index < -0.39 is 0 Å². The maximum atomic E-state index is 3.70. The first-order valence-corrected chi connectivity index (χ1v) is 7.90. The monoisotopic (exact) mass is 313 g/mol. The van der Waals surface area contributed by atoms with Crippen molar-refractivity contribution in [1.82, 2.24) is 5.32 Å². The Hall–Kier alpha value is 0.01000. The summed E-state index contributed by atoms with van der Waals surface area (Å²) in [5, 5.41) is 4.23. The van der Waals surface area contributed by atoms with E-state index in [4.69, 9.17) is 0 Å². The van der Waals surface area contributed by atoms with Gasteiger partial charge in [-0.25, -0.2) is 0 Å². The highest BCUT2D eigenvalue weighted by Gasteiger charge is 2.30. The number of rotatable bonds is 3. The second-order valence-electron chi connectivity index (χ2n) is 5.17. The SMILES string of the molecule is CC(C)Sc1ccc(C2(C)CCCN2)cc1Br. The lowest BCUT2D eigenvalue weighted by Crippen LogP contribution is -2.33. The van der Waals surface area contributed by atoms with Gasteiger partial charge >= 0.3 is 0 Å². The van der Waals surface area contributed by atoms with E-state index in [0.717, 1.165) is 6.54 Å². The molecule has 1 fully saturated rings. The molecule has 1 atom stereocenters. The Kier molecular flexibility index (Phi) is 4.22. The topological polar surface area (TPSA) is 12.0 Å². The van der Waals surface area contributed by atoms with Crippen molar-refractivity contribution in [3.05, 3.63) is 28.2 Å². The summed E-state index contributed by atoms with van der Waals surface area (Å²) in [6.07, 6.45) is 2.51. The van der Waals surface area contributed by atoms with Crippen LogP contribution in [0.1, 0.15) is 39.2 Å². The zero-order valence-electron chi connectivity index (χ0n) is 10.7. The van der Waals surface area contributed by atoms with Gasteiger partial charge in [0.25, 0.3) is 0 Å². The minimum Gasteiger partial charge on any atom is -0.308 e. The molecule has 17 heavy (non-hydrogen) atoms. The van der Waals surface area contributed by atoms with Crippen molar-refractivity contribution < 1.29 is 0 Å². The molecule has 0 aliphatic carbocycles. The molecule has 1 unspecified atom stereocenters. The highest BCUT2D eigenvalue weighted by molar-refractivity contribution is 9.10. The van der Waals surface area contributed by atoms with Gasteiger partial charge in [-0.3, -0.25) is 0 Å². The van der Waals surface area contributed by atoms with Crippen LogP contribution in [0, 0.1) is 0 Å². The van der Waals surface area contributed by atoms with E-state index >= 15 is 0 Å². The van der Waals surface area contributed by atoms with Crippen LogP contribution in [0.25, 0.3) is 0 Å². The van der Waals surface area contributed by atoms with Crippen molar-refractivity contribution in [2.24, 2.45) is 0 Å². The average molecular weight is 314 g/mol. The average Bonchev–Trinajstić information content (AvgIpc) is 2.69. The number of hydrogen-bond donors (Lipinski definition) is 1. The van der Waals surface area contributed by atoms with Gasteiger partial charge in [0.1, 0.15) is 0 Å². The fourth-order valence-electron chi connectivity index (χ4n) is 2.33. The molecule has 1 heterocycles. The molecule has 1 aromatic carbocycles. The quantitative estimate of drug-likeness (QED) is 0.822. The molecule has 1 aromatic rings. The normalized spacial score (nSPS) is 24.5. The van der Waals surface area contributed by atoms with Crippen LogP contribution in [0.3, 0.4) is 0 Å². The van der Waals surface area contributed by atoms with Gasteiger partial charge in [-0.2, -0.15) is 0 Å². The fourth-order valence-corrected chi connectivity index (χ4v) is 3.82. The second kappa shape index (κ2) is 5.33. The third-order valence-corrected chi connectivity index (χ3v) is 5.30. The van der Waals surface area contributed by atoms with Crippen molar-refractivity contribution >= 4 is 27.7 Å². The smallest absolute Gasteiger partial charge is 0.0406 e. The maximum absolute atomic E-state index is 3.70. The summed E-state index contributed by atoms with van der Waals surface area (Å²) in [6.45, 7) is 7.89. The first-order valence-electron chi connectivity index (χ1n) is 6.23. The fraction of sp³-hybridized carbons (Fsp3) is 0.571. The van der Waals surface area contributed by atoms with Gasteiger partial charge in [0, 0.05) is 20.2 Å². The first-order chi connectivity index (χ1) is 8.01. The summed E-state index contributed by atoms with van der Waals surface area (Å²) in [6, 6.07) is 6.80. The molecule has 0 amide bonds. The Morgan fingerprint density at radius 2 is 2.18 bits per heavy atom. The van der Waals surface area contributed by atoms with E-state index in [1.165, 1.54) is 27.8 Å². The maximum Gasteiger partial charge on any atom is 0.0406 e. The standard InChI is InChI=1S/C14H20BrNS/c1-10(2)17-13-6-5-11(9-12(13)15)14(3)7-4-8-16-14/h5-6,9-10,16H,4,7-8H2,1-3H3. The third-order valence-electron chi connectivity index (χ3n) is 3.30. The third kappa shape index (κ3) is 3.07. The second-order valence-corrected chi connectivity index (χ2v) is 7.65. The number of hydrogen-bond acceptors (Lipinski definition) is 2. The Morgan fingerprint density at radius 1 is 1.41 bits per heavy atom. The summed E-state index contributed by atoms with van der Waals surface area (Å²) in [5.41, 5.74) is 1.57. The van der Waals surface area contributed by atoms with Crippen LogP contribution >= 0.6 is 27.7 Å². The summed E-state index contributed by atoms with van der Waals surface area (Å²) < 4.78 is 1.23. The highest BCUT2D eigenvalue weighted by atomic mass is 79.9. The van der Waals surface area contributed by atoms with Crippen LogP contribution in [0.15, 0.2) is 27.6 Å². The molecule has 0 saturated carbocycles. The molecule has 2 rings (SSSR count). The van der Waals surface area contributed by atoms with E-state index in [-0.39, 0.29) is 5.54 Å². The van der Waals surface area contributed by atoms with Crippen LogP contribution in [0.2, 0.25) is 0 Å². The van der Waals surface area contributed by atoms with E-state index in [2.05, 4.69) is 60.2 Å². The van der Waals surface area contributed by atoms with Crippen molar-refractivity contribution in [1.29, 1.82) is 0 Å². The molecule has 1 aliphatic rings. The molecule has 0 spiro atoms. The van der Waals surface area contributed by atoms with E-state index in [1.54, 1.807) is 0 Å². The Bertz CT molecular complexity index is 397. The molecule has 3 heteroatoms. The minimum absolute atomic E-state index is 0.170. The molecule has 0 aromatic heterocycles. The molecular weight excluding hydrogens is 294 g/mol. The van der Waals surface area contributed by atoms with Crippen molar-refractivity contribution in [3.63, 3.8) is 0 Å². The van der Waals surface area contributed by atoms with Crippen LogP contribution < -0.4 is 5.32 Å². The molecule has 1 N–H and O–H groups in total. The Balaban J connectivity index is 2.24. The van der Waals surface area contributed by atoms with Gasteiger partial charge in [-0.05, 0) is 59.9 Å². The van der Waals surface area contributed by atoms with Gasteiger partial charge in [0.2, 0.25) is 0 Å². The summed E-state index contributed by atoms with van der Waals surface area (Å²) in [7, 11) is 0. The van der Waals surface area contributed by atoms with Gasteiger partial charge in [-0.1, -0.05) is 19.9 Å². The first kappa shape index (κ1) is 13.4. The molecule has 1 saturated heterocycles. The molecule has 1 nitrogen and oxygen atoms in total. The number of halogens is 1. The zero-order valence-corrected chi connectivity index (χ0v) is 13.1. The number of benzene rings is 1. The van der Waals surface area contributed by atoms with Gasteiger partial charge in [0.05, 0.1) is 0 Å². The Labute approximate surface area is 117 Å². The van der Waals surface area contributed by atoms with E-state index in [9.17, 15) is 0 Å². The lowest BCUT2D eigenvalue weighted by atomic mass is 9.91. The van der Waals surface area contributed by atoms with Crippen LogP contribution in [0.5, 0.6) is 0 Å². The molecule has 0 radical (unpaired) electrons. The lowest BCUT2D eigenvalue weighted by Gasteiger charge is -2.25. The predicted octanol–water partition coefficient (Wildman–Crippen LogP) is 4.55.